The van der Waals surface area contributed by atoms with Crippen LogP contribution in [0.15, 0.2) is 22.6 Å². The van der Waals surface area contributed by atoms with Crippen LogP contribution in [0.1, 0.15) is 25.7 Å². The number of amides is 1. The molecule has 5 nitrogen and oxygen atoms in total. The highest BCUT2D eigenvalue weighted by Crippen LogP contribution is 2.33. The second-order valence-corrected chi connectivity index (χ2v) is 4.75. The van der Waals surface area contributed by atoms with Crippen LogP contribution >= 0.6 is 12.4 Å². The quantitative estimate of drug-likeness (QED) is 0.904. The maximum absolute atomic E-state index is 11.8. The standard InChI is InChI=1S/C13H15N3O2.ClH/c1-2-11-16-9-7-8(3-4-10(9)18-11)15-12(17)13(14)5-6-13;/h3-4,7H,2,5-6,14H2,1H3,(H,15,17);1H. The van der Waals surface area contributed by atoms with E-state index in [4.69, 9.17) is 10.2 Å². The number of carbonyl (C=O) groups is 1. The van der Waals surface area contributed by atoms with Gasteiger partial charge in [0.15, 0.2) is 11.5 Å². The smallest absolute Gasteiger partial charge is 0.244 e. The van der Waals surface area contributed by atoms with Gasteiger partial charge in [0.05, 0.1) is 5.54 Å². The molecule has 1 fully saturated rings. The summed E-state index contributed by atoms with van der Waals surface area (Å²) in [6.07, 6.45) is 2.26. The number of nitrogens with one attached hydrogen (secondary N) is 1. The summed E-state index contributed by atoms with van der Waals surface area (Å²) in [6, 6.07) is 5.42. The van der Waals surface area contributed by atoms with Crippen molar-refractivity contribution in [3.63, 3.8) is 0 Å². The van der Waals surface area contributed by atoms with Crippen LogP contribution in [0, 0.1) is 0 Å². The largest absolute Gasteiger partial charge is 0.441 e. The number of nitrogens with zero attached hydrogens (tertiary/aromatic N) is 1. The minimum Gasteiger partial charge on any atom is -0.441 e. The topological polar surface area (TPSA) is 81.2 Å². The molecule has 1 aromatic carbocycles. The zero-order chi connectivity index (χ0) is 12.8. The van der Waals surface area contributed by atoms with Gasteiger partial charge in [-0.15, -0.1) is 12.4 Å². The van der Waals surface area contributed by atoms with Crippen LogP contribution in [0.3, 0.4) is 0 Å². The van der Waals surface area contributed by atoms with Crippen molar-refractivity contribution >= 4 is 35.1 Å². The Labute approximate surface area is 117 Å². The average Bonchev–Trinajstić information content (AvgIpc) is 2.98. The Morgan fingerprint density at radius 3 is 2.89 bits per heavy atom. The summed E-state index contributed by atoms with van der Waals surface area (Å²) in [4.78, 5) is 16.1. The monoisotopic (exact) mass is 281 g/mol. The van der Waals surface area contributed by atoms with Gasteiger partial charge in [0.25, 0.3) is 0 Å². The van der Waals surface area contributed by atoms with Crippen LogP contribution in [0.5, 0.6) is 0 Å². The van der Waals surface area contributed by atoms with E-state index in [2.05, 4.69) is 10.3 Å². The van der Waals surface area contributed by atoms with Gasteiger partial charge in [-0.2, -0.15) is 0 Å². The number of carbonyl (C=O) groups excluding carboxylic acids is 1. The number of aryl methyl sites for hydroxylation is 1. The van der Waals surface area contributed by atoms with Crippen molar-refractivity contribution in [1.82, 2.24) is 4.98 Å². The van der Waals surface area contributed by atoms with Crippen LogP contribution in [-0.2, 0) is 11.2 Å². The summed E-state index contributed by atoms with van der Waals surface area (Å²) in [5, 5.41) is 2.82. The van der Waals surface area contributed by atoms with E-state index in [1.54, 1.807) is 6.07 Å². The third-order valence-corrected chi connectivity index (χ3v) is 3.23. The predicted molar refractivity (Wildman–Crippen MR) is 75.4 cm³/mol. The minimum absolute atomic E-state index is 0. The maximum atomic E-state index is 11.8. The van der Waals surface area contributed by atoms with Crippen LogP contribution < -0.4 is 11.1 Å². The lowest BCUT2D eigenvalue weighted by Gasteiger charge is -2.09. The molecule has 0 spiro atoms. The number of benzene rings is 1. The Hall–Kier alpha value is -1.59. The van der Waals surface area contributed by atoms with E-state index < -0.39 is 5.54 Å². The van der Waals surface area contributed by atoms with Crippen molar-refractivity contribution < 1.29 is 9.21 Å². The summed E-state index contributed by atoms with van der Waals surface area (Å²) in [6.45, 7) is 1.98. The Morgan fingerprint density at radius 1 is 1.53 bits per heavy atom. The summed E-state index contributed by atoms with van der Waals surface area (Å²) < 4.78 is 5.51. The van der Waals surface area contributed by atoms with Crippen LogP contribution in [0.2, 0.25) is 0 Å². The number of hydrogen-bond acceptors (Lipinski definition) is 4. The molecule has 0 unspecified atom stereocenters. The molecule has 0 saturated heterocycles. The third-order valence-electron chi connectivity index (χ3n) is 3.23. The summed E-state index contributed by atoms with van der Waals surface area (Å²) in [5.74, 6) is 0.576. The third kappa shape index (κ3) is 2.57. The molecule has 6 heteroatoms. The maximum Gasteiger partial charge on any atom is 0.244 e. The van der Waals surface area contributed by atoms with Gasteiger partial charge >= 0.3 is 0 Å². The molecule has 0 aliphatic heterocycles. The van der Waals surface area contributed by atoms with E-state index in [-0.39, 0.29) is 18.3 Å². The molecule has 0 bridgehead atoms. The van der Waals surface area contributed by atoms with Crippen LogP contribution in [0.25, 0.3) is 11.1 Å². The molecule has 19 heavy (non-hydrogen) atoms. The number of rotatable bonds is 3. The first-order valence-electron chi connectivity index (χ1n) is 6.10. The highest BCUT2D eigenvalue weighted by Gasteiger charge is 2.45. The van der Waals surface area contributed by atoms with E-state index in [9.17, 15) is 4.79 Å². The highest BCUT2D eigenvalue weighted by atomic mass is 35.5. The van der Waals surface area contributed by atoms with Gasteiger partial charge in [0.1, 0.15) is 5.52 Å². The molecule has 1 heterocycles. The lowest BCUT2D eigenvalue weighted by Crippen LogP contribution is -2.37. The summed E-state index contributed by atoms with van der Waals surface area (Å²) >= 11 is 0. The first kappa shape index (κ1) is 13.8. The molecule has 1 aliphatic rings. The molecular weight excluding hydrogens is 266 g/mol. The number of hydrogen-bond donors (Lipinski definition) is 2. The minimum atomic E-state index is -0.659. The Morgan fingerprint density at radius 2 is 2.26 bits per heavy atom. The highest BCUT2D eigenvalue weighted by molar-refractivity contribution is 6.00. The molecule has 3 N–H and O–H groups in total. The van der Waals surface area contributed by atoms with Gasteiger partial charge in [-0.05, 0) is 31.0 Å². The van der Waals surface area contributed by atoms with Crippen LogP contribution in [-0.4, -0.2) is 16.4 Å². The van der Waals surface area contributed by atoms with Crippen molar-refractivity contribution in [2.24, 2.45) is 5.73 Å². The molecule has 0 radical (unpaired) electrons. The number of fused-ring (bicyclic) bond motifs is 1. The fourth-order valence-electron chi connectivity index (χ4n) is 1.82. The SMILES string of the molecule is CCc1nc2cc(NC(=O)C3(N)CC3)ccc2o1.Cl. The zero-order valence-electron chi connectivity index (χ0n) is 10.6. The molecule has 1 aromatic heterocycles. The summed E-state index contributed by atoms with van der Waals surface area (Å²) in [5.41, 5.74) is 7.37. The van der Waals surface area contributed by atoms with Gasteiger partial charge in [-0.3, -0.25) is 4.79 Å². The Kier molecular flexibility index (Phi) is 3.52. The normalized spacial score (nSPS) is 15.9. The molecule has 1 amide bonds. The van der Waals surface area contributed by atoms with Crippen molar-refractivity contribution in [2.45, 2.75) is 31.7 Å². The lowest BCUT2D eigenvalue weighted by molar-refractivity contribution is -0.118. The van der Waals surface area contributed by atoms with Gasteiger partial charge in [-0.25, -0.2) is 4.98 Å². The van der Waals surface area contributed by atoms with E-state index in [0.717, 1.165) is 30.4 Å². The molecule has 0 atom stereocenters. The van der Waals surface area contributed by atoms with E-state index >= 15 is 0 Å². The van der Waals surface area contributed by atoms with Crippen molar-refractivity contribution in [1.29, 1.82) is 0 Å². The Balaban J connectivity index is 0.00000133. The van der Waals surface area contributed by atoms with Gasteiger partial charge in [0, 0.05) is 12.1 Å². The first-order valence-corrected chi connectivity index (χ1v) is 6.10. The van der Waals surface area contributed by atoms with Crippen molar-refractivity contribution in [3.8, 4) is 0 Å². The second-order valence-electron chi connectivity index (χ2n) is 4.75. The number of halogens is 1. The number of anilines is 1. The van der Waals surface area contributed by atoms with Gasteiger partial charge in [-0.1, -0.05) is 6.92 Å². The second kappa shape index (κ2) is 4.83. The average molecular weight is 282 g/mol. The molecular formula is C13H16ClN3O2. The molecule has 3 rings (SSSR count). The first-order chi connectivity index (χ1) is 8.60. The van der Waals surface area contributed by atoms with E-state index in [1.807, 2.05) is 19.1 Å². The van der Waals surface area contributed by atoms with E-state index in [0.29, 0.717) is 11.6 Å². The lowest BCUT2D eigenvalue weighted by atomic mass is 10.2. The number of oxazole rings is 1. The van der Waals surface area contributed by atoms with Gasteiger partial charge in [0.2, 0.25) is 5.91 Å². The fourth-order valence-corrected chi connectivity index (χ4v) is 1.82. The molecule has 1 aliphatic carbocycles. The fraction of sp³-hybridized carbons (Fsp3) is 0.385. The zero-order valence-corrected chi connectivity index (χ0v) is 11.4. The number of nitrogens with two attached hydrogens (primary N) is 1. The molecule has 2 aromatic rings. The van der Waals surface area contributed by atoms with Crippen molar-refractivity contribution in [2.75, 3.05) is 5.32 Å². The van der Waals surface area contributed by atoms with E-state index in [1.165, 1.54) is 0 Å². The number of aromatic nitrogens is 1. The van der Waals surface area contributed by atoms with Gasteiger partial charge < -0.3 is 15.5 Å². The van der Waals surface area contributed by atoms with Crippen molar-refractivity contribution in [3.05, 3.63) is 24.1 Å². The summed E-state index contributed by atoms with van der Waals surface area (Å²) in [7, 11) is 0. The Bertz CT molecular complexity index is 619. The molecule has 102 valence electrons. The predicted octanol–water partition coefficient (Wildman–Crippen LogP) is 2.24. The molecule has 1 saturated carbocycles. The van der Waals surface area contributed by atoms with Crippen LogP contribution in [0.4, 0.5) is 5.69 Å².